The number of nitrogens with one attached hydrogen (secondary N) is 1. The highest BCUT2D eigenvalue weighted by molar-refractivity contribution is 6.32. The normalized spacial score (nSPS) is 11.7. The molecule has 8 heteroatoms. The molecule has 25 heavy (non-hydrogen) atoms. The van der Waals surface area contributed by atoms with Gasteiger partial charge in [-0.1, -0.05) is 29.8 Å². The fourth-order valence-corrected chi connectivity index (χ4v) is 2.15. The molecule has 2 rings (SSSR count). The van der Waals surface area contributed by atoms with Crippen LogP contribution in [-0.4, -0.2) is 11.0 Å². The van der Waals surface area contributed by atoms with Crippen LogP contribution in [0.25, 0.3) is 6.08 Å². The zero-order valence-electron chi connectivity index (χ0n) is 12.4. The van der Waals surface area contributed by atoms with E-state index in [0.717, 1.165) is 18.2 Å². The Balaban J connectivity index is 2.32. The van der Waals surface area contributed by atoms with Crippen molar-refractivity contribution in [1.29, 1.82) is 5.26 Å². The van der Waals surface area contributed by atoms with Crippen LogP contribution in [0.15, 0.2) is 48.0 Å². The van der Waals surface area contributed by atoms with Crippen LogP contribution in [0.3, 0.4) is 0 Å². The first kappa shape index (κ1) is 18.4. The summed E-state index contributed by atoms with van der Waals surface area (Å²) in [5, 5.41) is 20.5. The van der Waals surface area contributed by atoms with Gasteiger partial charge in [-0.05, 0) is 35.9 Å². The van der Waals surface area contributed by atoms with Crippen molar-refractivity contribution in [2.24, 2.45) is 0 Å². The summed E-state index contributed by atoms with van der Waals surface area (Å²) in [4.78, 5) is 12.1. The molecule has 128 valence electrons. The van der Waals surface area contributed by atoms with E-state index in [9.17, 15) is 23.1 Å². The average Bonchev–Trinajstić information content (AvgIpc) is 2.55. The number of alkyl halides is 3. The Labute approximate surface area is 145 Å². The number of phenols is 1. The number of rotatable bonds is 3. The predicted octanol–water partition coefficient (Wildman–Crippen LogP) is 4.61. The molecular weight excluding hydrogens is 357 g/mol. The highest BCUT2D eigenvalue weighted by Gasteiger charge is 2.33. The molecular formula is C17H10ClF3N2O2. The molecule has 2 aromatic rings. The molecule has 2 N–H and O–H groups in total. The summed E-state index contributed by atoms with van der Waals surface area (Å²) >= 11 is 5.73. The molecule has 0 saturated carbocycles. The van der Waals surface area contributed by atoms with Crippen LogP contribution in [0.4, 0.5) is 18.9 Å². The van der Waals surface area contributed by atoms with Crippen LogP contribution >= 0.6 is 11.6 Å². The molecule has 0 fully saturated rings. The summed E-state index contributed by atoms with van der Waals surface area (Å²) in [5.41, 5.74) is -1.56. The summed E-state index contributed by atoms with van der Waals surface area (Å²) < 4.78 is 38.8. The van der Waals surface area contributed by atoms with E-state index >= 15 is 0 Å². The van der Waals surface area contributed by atoms with Gasteiger partial charge in [0.15, 0.2) is 0 Å². The number of hydrogen-bond acceptors (Lipinski definition) is 3. The van der Waals surface area contributed by atoms with Crippen LogP contribution in [0.5, 0.6) is 5.75 Å². The van der Waals surface area contributed by atoms with Gasteiger partial charge in [-0.25, -0.2) is 0 Å². The van der Waals surface area contributed by atoms with Gasteiger partial charge in [0.25, 0.3) is 5.91 Å². The summed E-state index contributed by atoms with van der Waals surface area (Å²) in [6.45, 7) is 0. The molecule has 0 heterocycles. The number of carbonyl (C=O) groups is 1. The van der Waals surface area contributed by atoms with E-state index in [1.165, 1.54) is 30.3 Å². The molecule has 1 amide bonds. The van der Waals surface area contributed by atoms with Gasteiger partial charge in [0, 0.05) is 0 Å². The zero-order valence-corrected chi connectivity index (χ0v) is 13.2. The largest absolute Gasteiger partial charge is 0.506 e. The third-order valence-electron chi connectivity index (χ3n) is 3.13. The first-order chi connectivity index (χ1) is 11.7. The topological polar surface area (TPSA) is 73.1 Å². The van der Waals surface area contributed by atoms with E-state index in [0.29, 0.717) is 5.56 Å². The summed E-state index contributed by atoms with van der Waals surface area (Å²) in [6.07, 6.45) is -3.50. The van der Waals surface area contributed by atoms with Crippen molar-refractivity contribution < 1.29 is 23.1 Å². The van der Waals surface area contributed by atoms with Crippen LogP contribution in [0.1, 0.15) is 11.1 Å². The lowest BCUT2D eigenvalue weighted by Gasteiger charge is -2.13. The Morgan fingerprint density at radius 3 is 2.52 bits per heavy atom. The summed E-state index contributed by atoms with van der Waals surface area (Å²) in [7, 11) is 0. The zero-order chi connectivity index (χ0) is 18.6. The monoisotopic (exact) mass is 366 g/mol. The second-order valence-corrected chi connectivity index (χ2v) is 5.29. The highest BCUT2D eigenvalue weighted by atomic mass is 35.5. The number of hydrogen-bond donors (Lipinski definition) is 2. The van der Waals surface area contributed by atoms with Gasteiger partial charge >= 0.3 is 6.18 Å². The summed E-state index contributed by atoms with van der Waals surface area (Å²) in [5.74, 6) is -1.18. The number of aromatic hydroxyl groups is 1. The van der Waals surface area contributed by atoms with Crippen molar-refractivity contribution in [1.82, 2.24) is 0 Å². The SMILES string of the molecule is N#C/C(=C/c1ccc(O)c(Cl)c1)C(=O)Nc1ccccc1C(F)(F)F. The third kappa shape index (κ3) is 4.52. The molecule has 4 nitrogen and oxygen atoms in total. The van der Waals surface area contributed by atoms with Gasteiger partial charge in [0.05, 0.1) is 16.3 Å². The minimum absolute atomic E-state index is 0.00821. The lowest BCUT2D eigenvalue weighted by atomic mass is 10.1. The Morgan fingerprint density at radius 2 is 1.92 bits per heavy atom. The van der Waals surface area contributed by atoms with Gasteiger partial charge in [0.2, 0.25) is 0 Å². The molecule has 2 aromatic carbocycles. The standard InChI is InChI=1S/C17H10ClF3N2O2/c18-13-8-10(5-6-15(13)24)7-11(9-22)16(25)23-14-4-2-1-3-12(14)17(19,20)21/h1-8,24H,(H,23,25)/b11-7-. The van der Waals surface area contributed by atoms with Crippen LogP contribution < -0.4 is 5.32 Å². The van der Waals surface area contributed by atoms with Gasteiger partial charge < -0.3 is 10.4 Å². The number of carbonyl (C=O) groups excluding carboxylic acids is 1. The van der Waals surface area contributed by atoms with Crippen molar-refractivity contribution in [2.75, 3.05) is 5.32 Å². The number of anilines is 1. The van der Waals surface area contributed by atoms with Crippen LogP contribution in [0.2, 0.25) is 5.02 Å². The highest BCUT2D eigenvalue weighted by Crippen LogP contribution is 2.34. The maximum absolute atomic E-state index is 12.9. The first-order valence-electron chi connectivity index (χ1n) is 6.80. The Hall–Kier alpha value is -2.98. The molecule has 0 aromatic heterocycles. The summed E-state index contributed by atoms with van der Waals surface area (Å²) in [6, 6.07) is 10.0. The number of nitriles is 1. The van der Waals surface area contributed by atoms with Crippen molar-refractivity contribution in [3.8, 4) is 11.8 Å². The fraction of sp³-hybridized carbons (Fsp3) is 0.0588. The number of benzene rings is 2. The smallest absolute Gasteiger partial charge is 0.418 e. The second kappa shape index (κ2) is 7.28. The third-order valence-corrected chi connectivity index (χ3v) is 3.43. The minimum Gasteiger partial charge on any atom is -0.506 e. The van der Waals surface area contributed by atoms with E-state index in [-0.39, 0.29) is 10.8 Å². The molecule has 0 aliphatic carbocycles. The van der Waals surface area contributed by atoms with Gasteiger partial charge in [-0.3, -0.25) is 4.79 Å². The van der Waals surface area contributed by atoms with Gasteiger partial charge in [-0.2, -0.15) is 18.4 Å². The molecule has 0 bridgehead atoms. The molecule has 0 atom stereocenters. The second-order valence-electron chi connectivity index (χ2n) is 4.88. The predicted molar refractivity (Wildman–Crippen MR) is 86.8 cm³/mol. The number of nitrogens with zero attached hydrogens (tertiary/aromatic N) is 1. The number of halogens is 4. The van der Waals surface area contributed by atoms with E-state index < -0.39 is 28.9 Å². The van der Waals surface area contributed by atoms with E-state index in [1.807, 2.05) is 0 Å². The van der Waals surface area contributed by atoms with Crippen molar-refractivity contribution in [2.45, 2.75) is 6.18 Å². The minimum atomic E-state index is -4.65. The number of phenolic OH excluding ortho intramolecular Hbond substituents is 1. The lowest BCUT2D eigenvalue weighted by molar-refractivity contribution is -0.137. The van der Waals surface area contributed by atoms with E-state index in [2.05, 4.69) is 5.32 Å². The van der Waals surface area contributed by atoms with Crippen LogP contribution in [0, 0.1) is 11.3 Å². The van der Waals surface area contributed by atoms with E-state index in [1.54, 1.807) is 6.07 Å². The fourth-order valence-electron chi connectivity index (χ4n) is 1.96. The average molecular weight is 367 g/mol. The Morgan fingerprint density at radius 1 is 1.24 bits per heavy atom. The Bertz CT molecular complexity index is 886. The van der Waals surface area contributed by atoms with Crippen molar-refractivity contribution in [3.63, 3.8) is 0 Å². The maximum atomic E-state index is 12.9. The first-order valence-corrected chi connectivity index (χ1v) is 7.18. The quantitative estimate of drug-likeness (QED) is 0.615. The van der Waals surface area contributed by atoms with E-state index in [4.69, 9.17) is 16.9 Å². The number of amides is 1. The van der Waals surface area contributed by atoms with Crippen LogP contribution in [-0.2, 0) is 11.0 Å². The maximum Gasteiger partial charge on any atom is 0.418 e. The van der Waals surface area contributed by atoms with Crippen molar-refractivity contribution >= 4 is 29.3 Å². The van der Waals surface area contributed by atoms with Crippen molar-refractivity contribution in [3.05, 3.63) is 64.2 Å². The molecule has 0 aliphatic rings. The van der Waals surface area contributed by atoms with Gasteiger partial charge in [-0.15, -0.1) is 0 Å². The Kier molecular flexibility index (Phi) is 5.35. The van der Waals surface area contributed by atoms with Gasteiger partial charge in [0.1, 0.15) is 17.4 Å². The molecule has 0 unspecified atom stereocenters. The molecule has 0 aliphatic heterocycles. The lowest BCUT2D eigenvalue weighted by Crippen LogP contribution is -2.17. The molecule has 0 radical (unpaired) electrons. The number of para-hydroxylation sites is 1. The molecule has 0 spiro atoms. The molecule has 0 saturated heterocycles.